The highest BCUT2D eigenvalue weighted by molar-refractivity contribution is 7.92. The molecule has 2 rings (SSSR count). The predicted octanol–water partition coefficient (Wildman–Crippen LogP) is 3.74. The van der Waals surface area contributed by atoms with Gasteiger partial charge in [0, 0.05) is 17.8 Å². The van der Waals surface area contributed by atoms with Crippen molar-refractivity contribution in [2.45, 2.75) is 33.6 Å². The minimum absolute atomic E-state index is 0.103. The third kappa shape index (κ3) is 5.32. The second-order valence-electron chi connectivity index (χ2n) is 7.24. The van der Waals surface area contributed by atoms with Crippen molar-refractivity contribution in [1.82, 2.24) is 0 Å². The first kappa shape index (κ1) is 22.4. The average molecular weight is 420 g/mol. The zero-order chi connectivity index (χ0) is 21.9. The van der Waals surface area contributed by atoms with E-state index in [2.05, 4.69) is 5.32 Å². The summed E-state index contributed by atoms with van der Waals surface area (Å²) in [6.07, 6.45) is 0.964. The van der Waals surface area contributed by atoms with Crippen LogP contribution in [0.5, 0.6) is 0 Å². The first-order chi connectivity index (χ1) is 13.4. The molecule has 8 nitrogen and oxygen atoms in total. The third-order valence-electron chi connectivity index (χ3n) is 4.55. The molecule has 0 bridgehead atoms. The van der Waals surface area contributed by atoms with Crippen LogP contribution in [-0.4, -0.2) is 32.0 Å². The van der Waals surface area contributed by atoms with Gasteiger partial charge in [-0.3, -0.25) is 19.2 Å². The second-order valence-corrected chi connectivity index (χ2v) is 9.15. The number of sulfonamides is 1. The van der Waals surface area contributed by atoms with E-state index in [1.165, 1.54) is 12.1 Å². The largest absolute Gasteiger partial charge is 0.324 e. The number of para-hydroxylation sites is 1. The molecule has 0 aliphatic heterocycles. The van der Waals surface area contributed by atoms with Crippen LogP contribution in [0.3, 0.4) is 0 Å². The lowest BCUT2D eigenvalue weighted by Crippen LogP contribution is -2.38. The van der Waals surface area contributed by atoms with Crippen molar-refractivity contribution < 1.29 is 18.1 Å². The number of nitro groups is 1. The SMILES string of the molecule is Cc1ccc([N+](=O)[O-])cc1N(CC(=O)Nc1c(C)cccc1C(C)C)S(C)(=O)=O. The summed E-state index contributed by atoms with van der Waals surface area (Å²) in [5.41, 5.74) is 2.81. The maximum absolute atomic E-state index is 12.7. The summed E-state index contributed by atoms with van der Waals surface area (Å²) in [5, 5.41) is 13.9. The number of nitrogens with zero attached hydrogens (tertiary/aromatic N) is 2. The smallest absolute Gasteiger partial charge is 0.271 e. The fraction of sp³-hybridized carbons (Fsp3) is 0.350. The quantitative estimate of drug-likeness (QED) is 0.543. The van der Waals surface area contributed by atoms with E-state index in [0.717, 1.165) is 27.8 Å². The molecule has 9 heteroatoms. The summed E-state index contributed by atoms with van der Waals surface area (Å²) in [6.45, 7) is 7.00. The van der Waals surface area contributed by atoms with Gasteiger partial charge >= 0.3 is 0 Å². The van der Waals surface area contributed by atoms with E-state index in [-0.39, 0.29) is 17.3 Å². The number of hydrogen-bond acceptors (Lipinski definition) is 5. The van der Waals surface area contributed by atoms with Gasteiger partial charge in [-0.2, -0.15) is 0 Å². The zero-order valence-electron chi connectivity index (χ0n) is 17.1. The molecule has 0 heterocycles. The van der Waals surface area contributed by atoms with E-state index in [1.54, 1.807) is 6.92 Å². The Morgan fingerprint density at radius 3 is 2.38 bits per heavy atom. The molecule has 156 valence electrons. The van der Waals surface area contributed by atoms with Gasteiger partial charge in [-0.05, 0) is 36.5 Å². The van der Waals surface area contributed by atoms with Crippen molar-refractivity contribution in [2.75, 3.05) is 22.4 Å². The monoisotopic (exact) mass is 419 g/mol. The molecule has 29 heavy (non-hydrogen) atoms. The highest BCUT2D eigenvalue weighted by atomic mass is 32.2. The Morgan fingerprint density at radius 1 is 1.17 bits per heavy atom. The van der Waals surface area contributed by atoms with Gasteiger partial charge in [0.05, 0.1) is 16.9 Å². The molecule has 0 spiro atoms. The van der Waals surface area contributed by atoms with Crippen LogP contribution in [0.15, 0.2) is 36.4 Å². The van der Waals surface area contributed by atoms with E-state index in [0.29, 0.717) is 11.3 Å². The lowest BCUT2D eigenvalue weighted by Gasteiger charge is -2.24. The normalized spacial score (nSPS) is 11.4. The Labute approximate surface area is 170 Å². The number of hydrogen-bond donors (Lipinski definition) is 1. The van der Waals surface area contributed by atoms with Crippen molar-refractivity contribution >= 4 is 33.0 Å². The standard InChI is InChI=1S/C20H25N3O5S/c1-13(2)17-8-6-7-15(4)20(17)21-19(24)12-22(29(5,27)28)18-11-16(23(25)26)10-9-14(18)3/h6-11,13H,12H2,1-5H3,(H,21,24). The zero-order valence-corrected chi connectivity index (χ0v) is 17.9. The Morgan fingerprint density at radius 2 is 1.83 bits per heavy atom. The van der Waals surface area contributed by atoms with Crippen LogP contribution in [-0.2, 0) is 14.8 Å². The number of aryl methyl sites for hydroxylation is 2. The molecule has 1 N–H and O–H groups in total. The lowest BCUT2D eigenvalue weighted by molar-refractivity contribution is -0.384. The summed E-state index contributed by atoms with van der Waals surface area (Å²) in [5.74, 6) is -0.368. The fourth-order valence-corrected chi connectivity index (χ4v) is 3.92. The summed E-state index contributed by atoms with van der Waals surface area (Å²) in [4.78, 5) is 23.2. The van der Waals surface area contributed by atoms with Gasteiger partial charge in [0.15, 0.2) is 0 Å². The number of amides is 1. The van der Waals surface area contributed by atoms with E-state index in [4.69, 9.17) is 0 Å². The van der Waals surface area contributed by atoms with Crippen LogP contribution in [0, 0.1) is 24.0 Å². The first-order valence-electron chi connectivity index (χ1n) is 9.04. The van der Waals surface area contributed by atoms with Crippen molar-refractivity contribution in [1.29, 1.82) is 0 Å². The molecule has 2 aromatic carbocycles. The topological polar surface area (TPSA) is 110 Å². The molecule has 0 unspecified atom stereocenters. The van der Waals surface area contributed by atoms with Gasteiger partial charge in [0.2, 0.25) is 15.9 Å². The van der Waals surface area contributed by atoms with Crippen LogP contribution < -0.4 is 9.62 Å². The van der Waals surface area contributed by atoms with Crippen LogP contribution in [0.2, 0.25) is 0 Å². The van der Waals surface area contributed by atoms with Gasteiger partial charge in [-0.25, -0.2) is 8.42 Å². The van der Waals surface area contributed by atoms with Crippen LogP contribution in [0.1, 0.15) is 36.5 Å². The van der Waals surface area contributed by atoms with Gasteiger partial charge < -0.3 is 5.32 Å². The maximum Gasteiger partial charge on any atom is 0.271 e. The Hall–Kier alpha value is -2.94. The number of benzene rings is 2. The van der Waals surface area contributed by atoms with Crippen molar-refractivity contribution in [3.8, 4) is 0 Å². The summed E-state index contributed by atoms with van der Waals surface area (Å²) >= 11 is 0. The molecule has 0 aliphatic rings. The average Bonchev–Trinajstić information content (AvgIpc) is 2.60. The molecular weight excluding hydrogens is 394 g/mol. The molecular formula is C20H25N3O5S. The number of carbonyl (C=O) groups is 1. The molecule has 0 atom stereocenters. The number of anilines is 2. The molecule has 0 aromatic heterocycles. The van der Waals surface area contributed by atoms with Crippen molar-refractivity contribution in [3.63, 3.8) is 0 Å². The molecule has 2 aromatic rings. The number of non-ortho nitro benzene ring substituents is 1. The molecule has 1 amide bonds. The van der Waals surface area contributed by atoms with E-state index in [9.17, 15) is 23.3 Å². The van der Waals surface area contributed by atoms with Crippen LogP contribution in [0.4, 0.5) is 17.1 Å². The Balaban J connectivity index is 2.40. The second kappa shape index (κ2) is 8.60. The van der Waals surface area contributed by atoms with Gasteiger partial charge in [-0.15, -0.1) is 0 Å². The van der Waals surface area contributed by atoms with Crippen molar-refractivity contribution in [3.05, 3.63) is 63.2 Å². The van der Waals surface area contributed by atoms with Crippen LogP contribution >= 0.6 is 0 Å². The minimum Gasteiger partial charge on any atom is -0.324 e. The molecule has 0 saturated heterocycles. The summed E-state index contributed by atoms with van der Waals surface area (Å²) in [6, 6.07) is 9.59. The van der Waals surface area contributed by atoms with E-state index >= 15 is 0 Å². The number of nitro benzene ring substituents is 1. The summed E-state index contributed by atoms with van der Waals surface area (Å²) < 4.78 is 25.6. The van der Waals surface area contributed by atoms with Gasteiger partial charge in [-0.1, -0.05) is 38.1 Å². The lowest BCUT2D eigenvalue weighted by atomic mass is 9.98. The van der Waals surface area contributed by atoms with E-state index < -0.39 is 27.4 Å². The number of nitrogens with one attached hydrogen (secondary N) is 1. The molecule has 0 aliphatic carbocycles. The Bertz CT molecular complexity index is 1050. The maximum atomic E-state index is 12.7. The minimum atomic E-state index is -3.86. The highest BCUT2D eigenvalue weighted by Crippen LogP contribution is 2.29. The van der Waals surface area contributed by atoms with Gasteiger partial charge in [0.1, 0.15) is 6.54 Å². The molecule has 0 radical (unpaired) electrons. The van der Waals surface area contributed by atoms with E-state index in [1.807, 2.05) is 39.0 Å². The predicted molar refractivity (Wildman–Crippen MR) is 114 cm³/mol. The molecule has 0 saturated carbocycles. The Kier molecular flexibility index (Phi) is 6.63. The molecule has 0 fully saturated rings. The van der Waals surface area contributed by atoms with Crippen LogP contribution in [0.25, 0.3) is 0 Å². The number of rotatable bonds is 7. The summed E-state index contributed by atoms with van der Waals surface area (Å²) in [7, 11) is -3.86. The third-order valence-corrected chi connectivity index (χ3v) is 5.68. The fourth-order valence-electron chi connectivity index (χ4n) is 3.01. The van der Waals surface area contributed by atoms with Gasteiger partial charge in [0.25, 0.3) is 5.69 Å². The first-order valence-corrected chi connectivity index (χ1v) is 10.9. The number of carbonyl (C=O) groups excluding carboxylic acids is 1. The van der Waals surface area contributed by atoms with Crippen molar-refractivity contribution in [2.24, 2.45) is 0 Å². The highest BCUT2D eigenvalue weighted by Gasteiger charge is 2.25.